The largest absolute Gasteiger partial charge is 0.486 e. The van der Waals surface area contributed by atoms with Crippen molar-refractivity contribution >= 4 is 17.6 Å². The third kappa shape index (κ3) is 7.21. The van der Waals surface area contributed by atoms with Crippen molar-refractivity contribution in [2.75, 3.05) is 18.5 Å². The van der Waals surface area contributed by atoms with Crippen LogP contribution >= 0.6 is 0 Å². The summed E-state index contributed by atoms with van der Waals surface area (Å²) in [5.74, 6) is 0.706. The summed E-state index contributed by atoms with van der Waals surface area (Å²) >= 11 is 0. The lowest BCUT2D eigenvalue weighted by Crippen LogP contribution is -2.49. The first-order valence-electron chi connectivity index (χ1n) is 12.8. The van der Waals surface area contributed by atoms with Gasteiger partial charge >= 0.3 is 5.97 Å². The molecular weight excluding hydrogens is 460 g/mol. The van der Waals surface area contributed by atoms with E-state index < -0.39 is 30.1 Å². The summed E-state index contributed by atoms with van der Waals surface area (Å²) in [5.41, 5.74) is 7.96. The zero-order valence-corrected chi connectivity index (χ0v) is 20.8. The molecular formula is C28H36N2O6. The lowest BCUT2D eigenvalue weighted by Gasteiger charge is -2.30. The van der Waals surface area contributed by atoms with Crippen LogP contribution in [0.1, 0.15) is 51.0 Å². The summed E-state index contributed by atoms with van der Waals surface area (Å²) in [6.45, 7) is 2.66. The Hall–Kier alpha value is -3.10. The molecule has 0 aromatic heterocycles. The minimum atomic E-state index is -1.01. The molecule has 1 saturated carbocycles. The number of nitrogens with two attached hydrogens (primary N) is 1. The first-order valence-corrected chi connectivity index (χ1v) is 12.8. The average Bonchev–Trinajstić information content (AvgIpc) is 2.91. The normalized spacial score (nSPS) is 18.1. The molecule has 1 heterocycles. The fraction of sp³-hybridized carbons (Fsp3) is 0.500. The first-order chi connectivity index (χ1) is 17.5. The molecule has 36 heavy (non-hydrogen) atoms. The fourth-order valence-electron chi connectivity index (χ4n) is 4.74. The van der Waals surface area contributed by atoms with Gasteiger partial charge in [-0.3, -0.25) is 4.79 Å². The summed E-state index contributed by atoms with van der Waals surface area (Å²) in [5, 5.41) is 2.88. The number of rotatable bonds is 10. The number of carbonyl (C=O) groups excluding carboxylic acids is 2. The smallest absolute Gasteiger partial charge is 0.335 e. The zero-order chi connectivity index (χ0) is 25.3. The van der Waals surface area contributed by atoms with E-state index in [-0.39, 0.29) is 6.61 Å². The second-order valence-electron chi connectivity index (χ2n) is 9.54. The highest BCUT2D eigenvalue weighted by atomic mass is 16.6. The standard InChI is InChI=1S/C28H36N2O6/c1-19(28(32)35-18-21-10-6-3-7-11-21)36-26(23(29)16-20-8-4-2-5-9-20)27(31)30-22-12-13-24-25(17-22)34-15-14-33-24/h3,6-7,10-13,17,19-20,23,26H,2,4-5,8-9,14-16,18,29H2,1H3,(H,30,31)/t19?,23-,26?/m1/s1. The number of nitrogens with one attached hydrogen (secondary N) is 1. The van der Waals surface area contributed by atoms with Crippen molar-refractivity contribution in [2.45, 2.75) is 70.3 Å². The molecule has 0 bridgehead atoms. The van der Waals surface area contributed by atoms with E-state index in [2.05, 4.69) is 5.32 Å². The minimum Gasteiger partial charge on any atom is -0.486 e. The van der Waals surface area contributed by atoms with Gasteiger partial charge in [-0.25, -0.2) is 4.79 Å². The fourth-order valence-corrected chi connectivity index (χ4v) is 4.74. The van der Waals surface area contributed by atoms with Gasteiger partial charge < -0.3 is 30.0 Å². The number of ether oxygens (including phenoxy) is 4. The number of amides is 1. The highest BCUT2D eigenvalue weighted by Crippen LogP contribution is 2.33. The lowest BCUT2D eigenvalue weighted by atomic mass is 9.84. The van der Waals surface area contributed by atoms with Gasteiger partial charge in [-0.1, -0.05) is 62.4 Å². The minimum absolute atomic E-state index is 0.134. The van der Waals surface area contributed by atoms with E-state index in [1.807, 2.05) is 30.3 Å². The Morgan fingerprint density at radius 2 is 1.75 bits per heavy atom. The van der Waals surface area contributed by atoms with Crippen LogP contribution in [0.5, 0.6) is 11.5 Å². The summed E-state index contributed by atoms with van der Waals surface area (Å²) in [6.07, 6.45) is 4.47. The van der Waals surface area contributed by atoms with Crippen molar-refractivity contribution in [1.82, 2.24) is 0 Å². The quantitative estimate of drug-likeness (QED) is 0.474. The molecule has 1 fully saturated rings. The van der Waals surface area contributed by atoms with Gasteiger partial charge in [-0.2, -0.15) is 0 Å². The summed E-state index contributed by atoms with van der Waals surface area (Å²) < 4.78 is 22.6. The SMILES string of the molecule is CC(OC(C(=O)Nc1ccc2c(c1)OCCO2)[C@H](N)CC1CCCCC1)C(=O)OCc1ccccc1. The Bertz CT molecular complexity index is 1010. The molecule has 1 aliphatic heterocycles. The second kappa shape index (κ2) is 12.7. The maximum Gasteiger partial charge on any atom is 0.335 e. The second-order valence-corrected chi connectivity index (χ2v) is 9.54. The Kier molecular flexibility index (Phi) is 9.19. The molecule has 1 amide bonds. The van der Waals surface area contributed by atoms with E-state index in [4.69, 9.17) is 24.7 Å². The number of hydrogen-bond acceptors (Lipinski definition) is 7. The van der Waals surface area contributed by atoms with Gasteiger partial charge in [0.1, 0.15) is 19.8 Å². The number of hydrogen-bond donors (Lipinski definition) is 2. The Morgan fingerprint density at radius 1 is 1.03 bits per heavy atom. The highest BCUT2D eigenvalue weighted by molar-refractivity contribution is 5.95. The number of fused-ring (bicyclic) bond motifs is 1. The number of benzene rings is 2. The molecule has 2 aliphatic rings. The molecule has 0 spiro atoms. The van der Waals surface area contributed by atoms with Crippen molar-refractivity contribution in [2.24, 2.45) is 11.7 Å². The predicted molar refractivity (Wildman–Crippen MR) is 136 cm³/mol. The maximum atomic E-state index is 13.4. The maximum absolute atomic E-state index is 13.4. The highest BCUT2D eigenvalue weighted by Gasteiger charge is 2.33. The first kappa shape index (κ1) is 26.0. The van der Waals surface area contributed by atoms with Gasteiger partial charge in [-0.15, -0.1) is 0 Å². The summed E-state index contributed by atoms with van der Waals surface area (Å²) in [7, 11) is 0. The Morgan fingerprint density at radius 3 is 2.50 bits per heavy atom. The zero-order valence-electron chi connectivity index (χ0n) is 20.8. The Labute approximate surface area is 212 Å². The van der Waals surface area contributed by atoms with Crippen LogP contribution < -0.4 is 20.5 Å². The van der Waals surface area contributed by atoms with Gasteiger partial charge in [0.05, 0.1) is 0 Å². The van der Waals surface area contributed by atoms with E-state index >= 15 is 0 Å². The van der Waals surface area contributed by atoms with E-state index in [1.54, 1.807) is 25.1 Å². The van der Waals surface area contributed by atoms with Crippen LogP contribution in [0, 0.1) is 5.92 Å². The molecule has 3 N–H and O–H groups in total. The van der Waals surface area contributed by atoms with E-state index in [0.29, 0.717) is 42.7 Å². The predicted octanol–water partition coefficient (Wildman–Crippen LogP) is 4.21. The van der Waals surface area contributed by atoms with Crippen molar-refractivity contribution in [3.8, 4) is 11.5 Å². The number of esters is 1. The van der Waals surface area contributed by atoms with Gasteiger partial charge in [0.15, 0.2) is 23.7 Å². The molecule has 8 heteroatoms. The molecule has 4 rings (SSSR count). The van der Waals surface area contributed by atoms with Gasteiger partial charge in [0, 0.05) is 17.8 Å². The van der Waals surface area contributed by atoms with Crippen LogP contribution in [0.3, 0.4) is 0 Å². The number of anilines is 1. The van der Waals surface area contributed by atoms with E-state index in [0.717, 1.165) is 18.4 Å². The Balaban J connectivity index is 1.42. The summed E-state index contributed by atoms with van der Waals surface area (Å²) in [6, 6.07) is 14.1. The molecule has 0 radical (unpaired) electrons. The van der Waals surface area contributed by atoms with Gasteiger partial charge in [-0.05, 0) is 37.0 Å². The molecule has 2 aromatic carbocycles. The molecule has 194 valence electrons. The van der Waals surface area contributed by atoms with Crippen LogP contribution in [0.2, 0.25) is 0 Å². The van der Waals surface area contributed by atoms with Crippen molar-refractivity contribution in [3.63, 3.8) is 0 Å². The van der Waals surface area contributed by atoms with Gasteiger partial charge in [0.2, 0.25) is 0 Å². The monoisotopic (exact) mass is 496 g/mol. The molecule has 3 atom stereocenters. The third-order valence-electron chi connectivity index (χ3n) is 6.69. The van der Waals surface area contributed by atoms with E-state index in [9.17, 15) is 9.59 Å². The molecule has 1 aliphatic carbocycles. The third-order valence-corrected chi connectivity index (χ3v) is 6.69. The average molecular weight is 497 g/mol. The van der Waals surface area contributed by atoms with E-state index in [1.165, 1.54) is 19.3 Å². The van der Waals surface area contributed by atoms with Gasteiger partial charge in [0.25, 0.3) is 5.91 Å². The van der Waals surface area contributed by atoms with Crippen LogP contribution in [-0.2, 0) is 25.7 Å². The van der Waals surface area contributed by atoms with Crippen LogP contribution in [0.15, 0.2) is 48.5 Å². The molecule has 0 saturated heterocycles. The van der Waals surface area contributed by atoms with Crippen LogP contribution in [-0.4, -0.2) is 43.3 Å². The molecule has 2 aromatic rings. The molecule has 8 nitrogen and oxygen atoms in total. The number of carbonyl (C=O) groups is 2. The van der Waals surface area contributed by atoms with Crippen LogP contribution in [0.25, 0.3) is 0 Å². The summed E-state index contributed by atoms with van der Waals surface area (Å²) in [4.78, 5) is 26.0. The van der Waals surface area contributed by atoms with Crippen LogP contribution in [0.4, 0.5) is 5.69 Å². The topological polar surface area (TPSA) is 109 Å². The van der Waals surface area contributed by atoms with Crippen molar-refractivity contribution in [1.29, 1.82) is 0 Å². The molecule has 2 unspecified atom stereocenters. The lowest BCUT2D eigenvalue weighted by molar-refractivity contribution is -0.163. The van der Waals surface area contributed by atoms with Crippen molar-refractivity contribution < 1.29 is 28.5 Å². The van der Waals surface area contributed by atoms with Crippen molar-refractivity contribution in [3.05, 3.63) is 54.1 Å².